The lowest BCUT2D eigenvalue weighted by Crippen LogP contribution is -2.10. The maximum atomic E-state index is 11.1. The molecule has 0 aliphatic heterocycles. The van der Waals surface area contributed by atoms with Gasteiger partial charge in [-0.15, -0.1) is 0 Å². The average molecular weight is 391 g/mol. The summed E-state index contributed by atoms with van der Waals surface area (Å²) in [6.07, 6.45) is 0.794. The Morgan fingerprint density at radius 2 is 2.11 bits per heavy atom. The first-order chi connectivity index (χ1) is 13.6. The minimum absolute atomic E-state index is 0.172. The van der Waals surface area contributed by atoms with E-state index < -0.39 is 5.76 Å². The van der Waals surface area contributed by atoms with Crippen LogP contribution >= 0.6 is 0 Å². The van der Waals surface area contributed by atoms with Gasteiger partial charge in [0.15, 0.2) is 11.6 Å². The van der Waals surface area contributed by atoms with E-state index in [1.165, 1.54) is 0 Å². The number of hydrogen-bond acceptors (Lipinski definition) is 8. The molecule has 0 aliphatic carbocycles. The summed E-state index contributed by atoms with van der Waals surface area (Å²) in [5, 5.41) is 3.69. The summed E-state index contributed by atoms with van der Waals surface area (Å²) in [4.78, 5) is 17.6. The van der Waals surface area contributed by atoms with Crippen molar-refractivity contribution in [2.75, 3.05) is 40.6 Å². The van der Waals surface area contributed by atoms with E-state index in [9.17, 15) is 4.79 Å². The zero-order valence-corrected chi connectivity index (χ0v) is 16.3. The first-order valence-corrected chi connectivity index (χ1v) is 8.68. The van der Waals surface area contributed by atoms with Crippen molar-refractivity contribution in [3.63, 3.8) is 0 Å². The molecule has 1 aromatic heterocycles. The molecule has 0 spiro atoms. The van der Waals surface area contributed by atoms with Crippen molar-refractivity contribution in [1.82, 2.24) is 10.1 Å². The van der Waals surface area contributed by atoms with Crippen LogP contribution in [0, 0.1) is 6.92 Å². The van der Waals surface area contributed by atoms with E-state index >= 15 is 0 Å². The smallest absolute Gasteiger partial charge is 0.439 e. The first kappa shape index (κ1) is 21.4. The fraction of sp³-hybridized carbons (Fsp3) is 0.421. The highest BCUT2D eigenvalue weighted by Gasteiger charge is 2.11. The maximum absolute atomic E-state index is 11.1. The SMILES string of the molecule is C=N/C(COCCCOC)=C(/COc1ccc(-c2noc(=O)[nH]2)c(C)c1)OC. The molecule has 0 bridgehead atoms. The fourth-order valence-electron chi connectivity index (χ4n) is 2.43. The number of aliphatic imine (C=N–C) groups is 1. The van der Waals surface area contributed by atoms with Crippen LogP contribution in [0.15, 0.2) is 44.0 Å². The molecule has 28 heavy (non-hydrogen) atoms. The number of aromatic nitrogens is 2. The second kappa shape index (κ2) is 11.1. The second-order valence-corrected chi connectivity index (χ2v) is 5.84. The minimum atomic E-state index is -0.599. The third kappa shape index (κ3) is 6.07. The molecule has 2 rings (SSSR count). The van der Waals surface area contributed by atoms with Crippen molar-refractivity contribution in [3.05, 3.63) is 45.8 Å². The number of H-pyrrole nitrogens is 1. The van der Waals surface area contributed by atoms with Crippen LogP contribution in [-0.2, 0) is 14.2 Å². The highest BCUT2D eigenvalue weighted by molar-refractivity contribution is 5.60. The van der Waals surface area contributed by atoms with Crippen molar-refractivity contribution in [2.24, 2.45) is 4.99 Å². The van der Waals surface area contributed by atoms with Gasteiger partial charge in [-0.3, -0.25) is 14.5 Å². The normalized spacial score (nSPS) is 11.8. The number of nitrogens with one attached hydrogen (secondary N) is 1. The zero-order valence-electron chi connectivity index (χ0n) is 16.3. The van der Waals surface area contributed by atoms with Gasteiger partial charge in [-0.2, -0.15) is 0 Å². The van der Waals surface area contributed by atoms with Gasteiger partial charge in [-0.05, 0) is 43.8 Å². The molecule has 0 unspecified atom stereocenters. The van der Waals surface area contributed by atoms with Crippen molar-refractivity contribution < 1.29 is 23.5 Å². The molecule has 152 valence electrons. The average Bonchev–Trinajstić information content (AvgIpc) is 3.12. The standard InChI is InChI=1S/C19H25N3O6/c1-13-10-14(6-7-15(13)18-21-19(23)28-22-18)27-12-17(25-4)16(20-2)11-26-9-5-8-24-3/h6-7,10H,2,5,8-9,11-12H2,1,3-4H3,(H,21,22,23)/b17-16-. The van der Waals surface area contributed by atoms with Gasteiger partial charge in [-0.25, -0.2) is 4.79 Å². The number of benzene rings is 1. The van der Waals surface area contributed by atoms with E-state index in [2.05, 4.69) is 26.4 Å². The van der Waals surface area contributed by atoms with E-state index in [0.717, 1.165) is 17.5 Å². The third-order valence-electron chi connectivity index (χ3n) is 3.90. The molecular formula is C19H25N3O6. The van der Waals surface area contributed by atoms with Crippen LogP contribution in [0.5, 0.6) is 5.75 Å². The summed E-state index contributed by atoms with van der Waals surface area (Å²) in [5.41, 5.74) is 2.19. The van der Waals surface area contributed by atoms with Crippen LogP contribution in [0.2, 0.25) is 0 Å². The van der Waals surface area contributed by atoms with Crippen molar-refractivity contribution in [1.29, 1.82) is 0 Å². The van der Waals surface area contributed by atoms with Gasteiger partial charge in [0.2, 0.25) is 0 Å². The zero-order chi connectivity index (χ0) is 20.4. The summed E-state index contributed by atoms with van der Waals surface area (Å²) in [5.74, 6) is 0.934. The van der Waals surface area contributed by atoms with Crippen LogP contribution in [-0.4, -0.2) is 57.5 Å². The van der Waals surface area contributed by atoms with Crippen molar-refractivity contribution in [2.45, 2.75) is 13.3 Å². The van der Waals surface area contributed by atoms with Gasteiger partial charge in [0.05, 0.1) is 13.7 Å². The second-order valence-electron chi connectivity index (χ2n) is 5.84. The number of rotatable bonds is 12. The predicted octanol–water partition coefficient (Wildman–Crippen LogP) is 2.33. The van der Waals surface area contributed by atoms with Crippen LogP contribution in [0.1, 0.15) is 12.0 Å². The Balaban J connectivity index is 2.00. The maximum Gasteiger partial charge on any atom is 0.439 e. The summed E-state index contributed by atoms with van der Waals surface area (Å²) >= 11 is 0. The van der Waals surface area contributed by atoms with Crippen LogP contribution < -0.4 is 10.5 Å². The monoisotopic (exact) mass is 391 g/mol. The molecule has 2 aromatic rings. The van der Waals surface area contributed by atoms with Gasteiger partial charge in [0.25, 0.3) is 0 Å². The van der Waals surface area contributed by atoms with Gasteiger partial charge in [0, 0.05) is 25.9 Å². The molecule has 0 aliphatic rings. The van der Waals surface area contributed by atoms with Crippen molar-refractivity contribution >= 4 is 6.72 Å². The largest absolute Gasteiger partial charge is 0.495 e. The third-order valence-corrected chi connectivity index (χ3v) is 3.90. The van der Waals surface area contributed by atoms with E-state index in [-0.39, 0.29) is 13.2 Å². The lowest BCUT2D eigenvalue weighted by Gasteiger charge is -2.13. The van der Waals surface area contributed by atoms with Gasteiger partial charge in [0.1, 0.15) is 18.1 Å². The van der Waals surface area contributed by atoms with Crippen LogP contribution in [0.4, 0.5) is 0 Å². The molecule has 0 saturated carbocycles. The Labute approximate surface area is 163 Å². The molecule has 1 heterocycles. The molecule has 0 atom stereocenters. The number of hydrogen-bond donors (Lipinski definition) is 1. The molecule has 9 nitrogen and oxygen atoms in total. The molecule has 0 saturated heterocycles. The lowest BCUT2D eigenvalue weighted by atomic mass is 10.1. The summed E-state index contributed by atoms with van der Waals surface area (Å²) in [7, 11) is 3.19. The molecular weight excluding hydrogens is 366 g/mol. The molecule has 0 amide bonds. The molecule has 1 N–H and O–H groups in total. The summed E-state index contributed by atoms with van der Waals surface area (Å²) in [6, 6.07) is 5.39. The first-order valence-electron chi connectivity index (χ1n) is 8.68. The Morgan fingerprint density at radius 1 is 1.29 bits per heavy atom. The number of nitrogens with zero attached hydrogens (tertiary/aromatic N) is 2. The summed E-state index contributed by atoms with van der Waals surface area (Å²) in [6.45, 7) is 7.09. The highest BCUT2D eigenvalue weighted by atomic mass is 16.5. The van der Waals surface area contributed by atoms with Crippen LogP contribution in [0.3, 0.4) is 0 Å². The molecule has 0 radical (unpaired) electrons. The Bertz CT molecular complexity index is 855. The van der Waals surface area contributed by atoms with E-state index in [1.54, 1.807) is 26.4 Å². The molecule has 0 fully saturated rings. The van der Waals surface area contributed by atoms with Crippen molar-refractivity contribution in [3.8, 4) is 17.1 Å². The van der Waals surface area contributed by atoms with E-state index in [1.807, 2.05) is 13.0 Å². The van der Waals surface area contributed by atoms with Gasteiger partial charge < -0.3 is 18.9 Å². The van der Waals surface area contributed by atoms with Gasteiger partial charge in [-0.1, -0.05) is 5.16 Å². The Kier molecular flexibility index (Phi) is 8.44. The lowest BCUT2D eigenvalue weighted by molar-refractivity contribution is 0.112. The van der Waals surface area contributed by atoms with Gasteiger partial charge >= 0.3 is 5.76 Å². The van der Waals surface area contributed by atoms with E-state index in [4.69, 9.17) is 18.9 Å². The fourth-order valence-corrected chi connectivity index (χ4v) is 2.43. The Morgan fingerprint density at radius 3 is 2.71 bits per heavy atom. The number of aromatic amines is 1. The summed E-state index contributed by atoms with van der Waals surface area (Å²) < 4.78 is 26.3. The molecule has 9 heteroatoms. The number of aryl methyl sites for hydroxylation is 1. The van der Waals surface area contributed by atoms with E-state index in [0.29, 0.717) is 36.2 Å². The molecule has 1 aromatic carbocycles. The number of ether oxygens (including phenoxy) is 4. The minimum Gasteiger partial charge on any atom is -0.495 e. The topological polar surface area (TPSA) is 108 Å². The van der Waals surface area contributed by atoms with Crippen LogP contribution in [0.25, 0.3) is 11.4 Å². The predicted molar refractivity (Wildman–Crippen MR) is 104 cm³/mol. The quantitative estimate of drug-likeness (QED) is 0.336. The highest BCUT2D eigenvalue weighted by Crippen LogP contribution is 2.24. The number of methoxy groups -OCH3 is 2. The Hall–Kier alpha value is -2.91.